The Labute approximate surface area is 73.0 Å². The van der Waals surface area contributed by atoms with Crippen molar-refractivity contribution in [1.82, 2.24) is 0 Å². The zero-order chi connectivity index (χ0) is 9.03. The van der Waals surface area contributed by atoms with Crippen LogP contribution in [0, 0.1) is 0 Å². The summed E-state index contributed by atoms with van der Waals surface area (Å²) in [6.07, 6.45) is 5.18. The zero-order valence-corrected chi connectivity index (χ0v) is 8.00. The number of hydrogen-bond donors (Lipinski definition) is 1. The molecule has 1 aliphatic rings. The molecule has 4 heteroatoms. The maximum absolute atomic E-state index is 11.1. The fourth-order valence-electron chi connectivity index (χ4n) is 1.43. The SMILES string of the molecule is C=CP(=O)(O)OC1CCCCC1. The highest BCUT2D eigenvalue weighted by Crippen LogP contribution is 2.46. The van der Waals surface area contributed by atoms with E-state index in [1.807, 2.05) is 0 Å². The van der Waals surface area contributed by atoms with Gasteiger partial charge >= 0.3 is 7.60 Å². The minimum atomic E-state index is -3.48. The second-order valence-corrected chi connectivity index (χ2v) is 4.82. The summed E-state index contributed by atoms with van der Waals surface area (Å²) in [5, 5.41) is 0. The lowest BCUT2D eigenvalue weighted by Crippen LogP contribution is -2.14. The van der Waals surface area contributed by atoms with Gasteiger partial charge in [-0.2, -0.15) is 0 Å². The maximum Gasteiger partial charge on any atom is 0.351 e. The van der Waals surface area contributed by atoms with Crippen molar-refractivity contribution >= 4 is 7.60 Å². The molecule has 3 nitrogen and oxygen atoms in total. The molecule has 70 valence electrons. The van der Waals surface area contributed by atoms with Gasteiger partial charge in [-0.1, -0.05) is 25.8 Å². The van der Waals surface area contributed by atoms with Gasteiger partial charge in [0, 0.05) is 5.82 Å². The van der Waals surface area contributed by atoms with Gasteiger partial charge < -0.3 is 9.42 Å². The molecule has 1 unspecified atom stereocenters. The first-order valence-electron chi connectivity index (χ1n) is 4.28. The highest BCUT2D eigenvalue weighted by atomic mass is 31.2. The summed E-state index contributed by atoms with van der Waals surface area (Å²) >= 11 is 0. The third-order valence-corrected chi connectivity index (χ3v) is 3.14. The van der Waals surface area contributed by atoms with Crippen LogP contribution >= 0.6 is 7.60 Å². The predicted molar refractivity (Wildman–Crippen MR) is 48.0 cm³/mol. The van der Waals surface area contributed by atoms with Gasteiger partial charge in [-0.15, -0.1) is 0 Å². The average Bonchev–Trinajstić information content (AvgIpc) is 2.06. The van der Waals surface area contributed by atoms with Crippen molar-refractivity contribution in [1.29, 1.82) is 0 Å². The topological polar surface area (TPSA) is 46.5 Å². The molecule has 1 atom stereocenters. The lowest BCUT2D eigenvalue weighted by atomic mass is 9.98. The van der Waals surface area contributed by atoms with Crippen molar-refractivity contribution in [2.75, 3.05) is 0 Å². The van der Waals surface area contributed by atoms with Crippen molar-refractivity contribution in [3.63, 3.8) is 0 Å². The summed E-state index contributed by atoms with van der Waals surface area (Å²) in [6, 6.07) is 0. The van der Waals surface area contributed by atoms with Crippen molar-refractivity contribution in [3.8, 4) is 0 Å². The van der Waals surface area contributed by atoms with E-state index in [1.54, 1.807) is 0 Å². The zero-order valence-electron chi connectivity index (χ0n) is 7.11. The normalized spacial score (nSPS) is 24.8. The number of hydrogen-bond acceptors (Lipinski definition) is 2. The number of rotatable bonds is 3. The predicted octanol–water partition coefficient (Wildman–Crippen LogP) is 2.66. The Morgan fingerprint density at radius 1 is 1.42 bits per heavy atom. The van der Waals surface area contributed by atoms with Gasteiger partial charge in [0.2, 0.25) is 0 Å². The fourth-order valence-corrected chi connectivity index (χ4v) is 2.15. The van der Waals surface area contributed by atoms with Crippen LogP contribution in [0.15, 0.2) is 12.4 Å². The Morgan fingerprint density at radius 2 is 2.00 bits per heavy atom. The molecular weight excluding hydrogens is 175 g/mol. The van der Waals surface area contributed by atoms with Gasteiger partial charge in [-0.3, -0.25) is 4.57 Å². The minimum absolute atomic E-state index is 0.0346. The molecule has 1 saturated carbocycles. The summed E-state index contributed by atoms with van der Waals surface area (Å²) in [7, 11) is -3.48. The second kappa shape index (κ2) is 4.22. The molecular formula is C8H15O3P. The third kappa shape index (κ3) is 3.10. The first kappa shape index (κ1) is 9.97. The van der Waals surface area contributed by atoms with Crippen LogP contribution in [0.5, 0.6) is 0 Å². The Morgan fingerprint density at radius 3 is 2.50 bits per heavy atom. The van der Waals surface area contributed by atoms with E-state index < -0.39 is 7.60 Å². The van der Waals surface area contributed by atoms with Crippen LogP contribution in [0.3, 0.4) is 0 Å². The van der Waals surface area contributed by atoms with E-state index in [0.29, 0.717) is 0 Å². The molecule has 1 fully saturated rings. The second-order valence-electron chi connectivity index (χ2n) is 3.11. The molecule has 0 aromatic rings. The van der Waals surface area contributed by atoms with E-state index >= 15 is 0 Å². The average molecular weight is 190 g/mol. The standard InChI is InChI=1S/C8H15O3P/c1-2-12(9,10)11-8-6-4-3-5-7-8/h2,8H,1,3-7H2,(H,9,10). The summed E-state index contributed by atoms with van der Waals surface area (Å²) in [6.45, 7) is 3.26. The van der Waals surface area contributed by atoms with E-state index in [4.69, 9.17) is 9.42 Å². The molecule has 0 radical (unpaired) electrons. The third-order valence-electron chi connectivity index (χ3n) is 2.08. The molecule has 0 aliphatic heterocycles. The summed E-state index contributed by atoms with van der Waals surface area (Å²) < 4.78 is 16.1. The van der Waals surface area contributed by atoms with Crippen LogP contribution in [0.25, 0.3) is 0 Å². The van der Waals surface area contributed by atoms with E-state index in [9.17, 15) is 4.57 Å². The molecule has 0 saturated heterocycles. The minimum Gasteiger partial charge on any atom is -0.321 e. The van der Waals surface area contributed by atoms with Gasteiger partial charge in [-0.05, 0) is 12.8 Å². The Hall–Kier alpha value is -0.110. The highest BCUT2D eigenvalue weighted by Gasteiger charge is 2.22. The first-order valence-corrected chi connectivity index (χ1v) is 5.93. The highest BCUT2D eigenvalue weighted by molar-refractivity contribution is 7.56. The van der Waals surface area contributed by atoms with E-state index in [2.05, 4.69) is 6.58 Å². The Bertz CT molecular complexity index is 196. The van der Waals surface area contributed by atoms with E-state index in [1.165, 1.54) is 6.42 Å². The molecule has 1 aliphatic carbocycles. The van der Waals surface area contributed by atoms with Crippen molar-refractivity contribution in [2.24, 2.45) is 0 Å². The maximum atomic E-state index is 11.1. The van der Waals surface area contributed by atoms with Crippen LogP contribution < -0.4 is 0 Å². The smallest absolute Gasteiger partial charge is 0.321 e. The van der Waals surface area contributed by atoms with Crippen LogP contribution in [0.2, 0.25) is 0 Å². The molecule has 0 amide bonds. The van der Waals surface area contributed by atoms with Gasteiger partial charge in [0.05, 0.1) is 6.10 Å². The van der Waals surface area contributed by atoms with Crippen molar-refractivity contribution < 1.29 is 14.0 Å². The molecule has 0 aromatic carbocycles. The molecule has 0 spiro atoms. The van der Waals surface area contributed by atoms with Crippen LogP contribution in [-0.2, 0) is 9.09 Å². The van der Waals surface area contributed by atoms with E-state index in [-0.39, 0.29) is 6.10 Å². The largest absolute Gasteiger partial charge is 0.351 e. The van der Waals surface area contributed by atoms with Crippen LogP contribution in [0.1, 0.15) is 32.1 Å². The molecule has 1 N–H and O–H groups in total. The summed E-state index contributed by atoms with van der Waals surface area (Å²) in [5.41, 5.74) is 0. The molecule has 0 aromatic heterocycles. The Balaban J connectivity index is 2.39. The molecule has 12 heavy (non-hydrogen) atoms. The van der Waals surface area contributed by atoms with Crippen LogP contribution in [0.4, 0.5) is 0 Å². The monoisotopic (exact) mass is 190 g/mol. The lowest BCUT2D eigenvalue weighted by molar-refractivity contribution is 0.139. The molecule has 0 bridgehead atoms. The van der Waals surface area contributed by atoms with E-state index in [0.717, 1.165) is 31.5 Å². The van der Waals surface area contributed by atoms with Gasteiger partial charge in [0.25, 0.3) is 0 Å². The van der Waals surface area contributed by atoms with Gasteiger partial charge in [0.15, 0.2) is 0 Å². The van der Waals surface area contributed by atoms with Gasteiger partial charge in [-0.25, -0.2) is 0 Å². The van der Waals surface area contributed by atoms with Crippen molar-refractivity contribution in [3.05, 3.63) is 12.4 Å². The summed E-state index contributed by atoms with van der Waals surface area (Å²) in [5.74, 6) is 1.00. The van der Waals surface area contributed by atoms with Crippen molar-refractivity contribution in [2.45, 2.75) is 38.2 Å². The molecule has 1 rings (SSSR count). The first-order chi connectivity index (χ1) is 5.64. The van der Waals surface area contributed by atoms with Gasteiger partial charge in [0.1, 0.15) is 0 Å². The van der Waals surface area contributed by atoms with Crippen LogP contribution in [-0.4, -0.2) is 11.0 Å². The summed E-state index contributed by atoms with van der Waals surface area (Å²) in [4.78, 5) is 9.09. The fraction of sp³-hybridized carbons (Fsp3) is 0.750. The Kier molecular flexibility index (Phi) is 3.51. The quantitative estimate of drug-likeness (QED) is 0.696. The molecule has 0 heterocycles. The lowest BCUT2D eigenvalue weighted by Gasteiger charge is -2.22.